The van der Waals surface area contributed by atoms with E-state index >= 15 is 0 Å². The summed E-state index contributed by atoms with van der Waals surface area (Å²) in [5.41, 5.74) is 1.34. The van der Waals surface area contributed by atoms with E-state index in [0.717, 1.165) is 61.6 Å². The van der Waals surface area contributed by atoms with Gasteiger partial charge in [0.2, 0.25) is 5.88 Å². The Morgan fingerprint density at radius 3 is 2.77 bits per heavy atom. The summed E-state index contributed by atoms with van der Waals surface area (Å²) in [6.07, 6.45) is 3.21. The maximum atomic E-state index is 11.0. The molecule has 8 nitrogen and oxygen atoms in total. The molecular formula is C22H24N4O4S. The molecule has 9 heteroatoms. The van der Waals surface area contributed by atoms with Crippen LogP contribution in [0.5, 0.6) is 11.6 Å². The molecule has 162 valence electrons. The third-order valence-corrected chi connectivity index (χ3v) is 7.05. The van der Waals surface area contributed by atoms with Crippen LogP contribution in [-0.4, -0.2) is 46.1 Å². The van der Waals surface area contributed by atoms with Crippen molar-refractivity contribution in [1.82, 2.24) is 14.9 Å². The van der Waals surface area contributed by atoms with E-state index in [1.54, 1.807) is 23.5 Å². The molecule has 0 spiro atoms. The molecule has 1 aromatic carbocycles. The van der Waals surface area contributed by atoms with Gasteiger partial charge >= 0.3 is 0 Å². The first-order valence-corrected chi connectivity index (χ1v) is 11.4. The van der Waals surface area contributed by atoms with Crippen molar-refractivity contribution >= 4 is 27.2 Å². The number of aromatic nitrogens is 2. The number of non-ortho nitro benzene ring substituents is 1. The third-order valence-electron chi connectivity index (χ3n) is 5.90. The van der Waals surface area contributed by atoms with Crippen molar-refractivity contribution in [1.29, 1.82) is 0 Å². The summed E-state index contributed by atoms with van der Waals surface area (Å²) in [7, 11) is 0. The number of morpholine rings is 1. The number of benzene rings is 1. The average Bonchev–Trinajstić information content (AvgIpc) is 3.12. The van der Waals surface area contributed by atoms with Gasteiger partial charge in [0.25, 0.3) is 5.69 Å². The Morgan fingerprint density at radius 1 is 1.26 bits per heavy atom. The normalized spacial score (nSPS) is 19.3. The van der Waals surface area contributed by atoms with Crippen LogP contribution in [0.4, 0.5) is 5.69 Å². The molecule has 0 amide bonds. The predicted octanol–water partition coefficient (Wildman–Crippen LogP) is 4.35. The lowest BCUT2D eigenvalue weighted by atomic mass is 9.89. The molecule has 1 saturated heterocycles. The number of fused-ring (bicyclic) bond motifs is 3. The number of thiophene rings is 1. The lowest BCUT2D eigenvalue weighted by molar-refractivity contribution is -0.384. The van der Waals surface area contributed by atoms with Crippen LogP contribution < -0.4 is 4.74 Å². The topological polar surface area (TPSA) is 90.6 Å². The molecule has 31 heavy (non-hydrogen) atoms. The largest absolute Gasteiger partial charge is 0.438 e. The fourth-order valence-electron chi connectivity index (χ4n) is 4.20. The van der Waals surface area contributed by atoms with Crippen LogP contribution in [0.15, 0.2) is 24.3 Å². The Kier molecular flexibility index (Phi) is 5.56. The fraction of sp³-hybridized carbons (Fsp3) is 0.455. The number of rotatable bonds is 5. The number of ether oxygens (including phenoxy) is 2. The third kappa shape index (κ3) is 4.26. The van der Waals surface area contributed by atoms with Crippen molar-refractivity contribution in [2.45, 2.75) is 32.7 Å². The highest BCUT2D eigenvalue weighted by molar-refractivity contribution is 7.18. The van der Waals surface area contributed by atoms with Gasteiger partial charge in [-0.05, 0) is 42.9 Å². The van der Waals surface area contributed by atoms with E-state index in [4.69, 9.17) is 19.4 Å². The van der Waals surface area contributed by atoms with Gasteiger partial charge in [0.05, 0.1) is 30.1 Å². The molecular weight excluding hydrogens is 416 g/mol. The van der Waals surface area contributed by atoms with Gasteiger partial charge in [-0.15, -0.1) is 11.3 Å². The minimum Gasteiger partial charge on any atom is -0.438 e. The molecule has 0 saturated carbocycles. The highest BCUT2D eigenvalue weighted by Gasteiger charge is 2.25. The Labute approximate surface area is 184 Å². The van der Waals surface area contributed by atoms with Gasteiger partial charge < -0.3 is 9.47 Å². The van der Waals surface area contributed by atoms with Crippen molar-refractivity contribution in [2.75, 3.05) is 26.3 Å². The predicted molar refractivity (Wildman–Crippen MR) is 118 cm³/mol. The number of nitro benzene ring substituents is 1. The summed E-state index contributed by atoms with van der Waals surface area (Å²) >= 11 is 1.75. The van der Waals surface area contributed by atoms with Crippen LogP contribution in [0.1, 0.15) is 29.6 Å². The second-order valence-electron chi connectivity index (χ2n) is 8.22. The van der Waals surface area contributed by atoms with Crippen LogP contribution in [0, 0.1) is 16.0 Å². The minimum atomic E-state index is -0.413. The van der Waals surface area contributed by atoms with Crippen LogP contribution >= 0.6 is 11.3 Å². The van der Waals surface area contributed by atoms with E-state index in [1.807, 2.05) is 0 Å². The standard InChI is InChI=1S/C22H24N4O4S/c1-14-2-7-17-18(12-14)31-22-20(17)21(30-16-5-3-15(4-6-16)26(27)28)23-19(24-22)13-25-8-10-29-11-9-25/h3-6,14H,2,7-13H2,1H3/t14-/m0/s1. The maximum absolute atomic E-state index is 11.0. The molecule has 0 N–H and O–H groups in total. The summed E-state index contributed by atoms with van der Waals surface area (Å²) in [5.74, 6) is 2.49. The Bertz CT molecular complexity index is 1110. The maximum Gasteiger partial charge on any atom is 0.269 e. The lowest BCUT2D eigenvalue weighted by Gasteiger charge is -2.25. The number of hydrogen-bond donors (Lipinski definition) is 0. The van der Waals surface area contributed by atoms with E-state index in [9.17, 15) is 10.1 Å². The highest BCUT2D eigenvalue weighted by atomic mass is 32.1. The Hall–Kier alpha value is -2.62. The molecule has 3 aromatic rings. The highest BCUT2D eigenvalue weighted by Crippen LogP contribution is 2.42. The van der Waals surface area contributed by atoms with Crippen molar-refractivity contribution in [3.8, 4) is 11.6 Å². The zero-order valence-corrected chi connectivity index (χ0v) is 18.2. The number of aryl methyl sites for hydroxylation is 1. The fourth-order valence-corrected chi connectivity index (χ4v) is 5.59. The van der Waals surface area contributed by atoms with Crippen LogP contribution in [0.3, 0.4) is 0 Å². The molecule has 0 bridgehead atoms. The van der Waals surface area contributed by atoms with E-state index in [0.29, 0.717) is 24.1 Å². The molecule has 1 aliphatic heterocycles. The van der Waals surface area contributed by atoms with Gasteiger partial charge in [0, 0.05) is 30.1 Å². The van der Waals surface area contributed by atoms with Gasteiger partial charge in [-0.25, -0.2) is 4.98 Å². The molecule has 0 radical (unpaired) electrons. The molecule has 1 aliphatic carbocycles. The van der Waals surface area contributed by atoms with Gasteiger partial charge in [-0.3, -0.25) is 15.0 Å². The average molecular weight is 441 g/mol. The van der Waals surface area contributed by atoms with Crippen molar-refractivity contribution in [2.24, 2.45) is 5.92 Å². The SMILES string of the molecule is C[C@H]1CCc2c(sc3nc(CN4CCOCC4)nc(Oc4ccc([N+](=O)[O-])cc4)c23)C1. The van der Waals surface area contributed by atoms with E-state index in [2.05, 4.69) is 11.8 Å². The molecule has 1 fully saturated rings. The number of nitrogens with zero attached hydrogens (tertiary/aromatic N) is 4. The molecule has 5 rings (SSSR count). The number of nitro groups is 1. The van der Waals surface area contributed by atoms with Crippen molar-refractivity contribution in [3.05, 3.63) is 50.6 Å². The zero-order chi connectivity index (χ0) is 21.4. The summed E-state index contributed by atoms with van der Waals surface area (Å²) in [6, 6.07) is 6.14. The molecule has 3 heterocycles. The van der Waals surface area contributed by atoms with Gasteiger partial charge in [-0.1, -0.05) is 6.92 Å². The Balaban J connectivity index is 1.53. The first-order chi connectivity index (χ1) is 15.1. The van der Waals surface area contributed by atoms with Crippen molar-refractivity contribution in [3.63, 3.8) is 0 Å². The molecule has 0 unspecified atom stereocenters. The summed E-state index contributed by atoms with van der Waals surface area (Å²) in [5, 5.41) is 12.0. The zero-order valence-electron chi connectivity index (χ0n) is 17.4. The number of hydrogen-bond acceptors (Lipinski definition) is 8. The van der Waals surface area contributed by atoms with Gasteiger partial charge in [0.1, 0.15) is 16.4 Å². The molecule has 2 aliphatic rings. The van der Waals surface area contributed by atoms with Crippen LogP contribution in [-0.2, 0) is 24.1 Å². The van der Waals surface area contributed by atoms with Crippen LogP contribution in [0.25, 0.3) is 10.2 Å². The lowest BCUT2D eigenvalue weighted by Crippen LogP contribution is -2.36. The molecule has 2 aromatic heterocycles. The summed E-state index contributed by atoms with van der Waals surface area (Å²) in [6.45, 7) is 6.10. The Morgan fingerprint density at radius 2 is 2.03 bits per heavy atom. The second-order valence-corrected chi connectivity index (χ2v) is 9.30. The van der Waals surface area contributed by atoms with Crippen LogP contribution in [0.2, 0.25) is 0 Å². The summed E-state index contributed by atoms with van der Waals surface area (Å²) < 4.78 is 11.6. The second kappa shape index (κ2) is 8.49. The van der Waals surface area contributed by atoms with Gasteiger partial charge in [-0.2, -0.15) is 4.98 Å². The van der Waals surface area contributed by atoms with Gasteiger partial charge in [0.15, 0.2) is 0 Å². The van der Waals surface area contributed by atoms with Crippen molar-refractivity contribution < 1.29 is 14.4 Å². The minimum absolute atomic E-state index is 0.0371. The van der Waals surface area contributed by atoms with E-state index in [1.165, 1.54) is 22.6 Å². The van der Waals surface area contributed by atoms with E-state index < -0.39 is 4.92 Å². The molecule has 1 atom stereocenters. The van der Waals surface area contributed by atoms with E-state index in [-0.39, 0.29) is 5.69 Å². The first-order valence-electron chi connectivity index (χ1n) is 10.6. The quantitative estimate of drug-likeness (QED) is 0.430. The smallest absolute Gasteiger partial charge is 0.269 e. The first kappa shape index (κ1) is 20.3. The monoisotopic (exact) mass is 440 g/mol. The summed E-state index contributed by atoms with van der Waals surface area (Å²) in [4.78, 5) is 24.9.